The molecule has 264 valence electrons. The van der Waals surface area contributed by atoms with Crippen LogP contribution in [0.2, 0.25) is 0 Å². The van der Waals surface area contributed by atoms with Crippen molar-refractivity contribution in [2.24, 2.45) is 10.8 Å². The van der Waals surface area contributed by atoms with Crippen molar-refractivity contribution in [3.05, 3.63) is 65.7 Å². The van der Waals surface area contributed by atoms with Crippen molar-refractivity contribution in [1.29, 1.82) is 0 Å². The molecule has 2 aromatic carbocycles. The number of hydrogen-bond donors (Lipinski definition) is 3. The van der Waals surface area contributed by atoms with E-state index < -0.39 is 28.1 Å². The molecule has 2 aromatic rings. The van der Waals surface area contributed by atoms with E-state index in [-0.39, 0.29) is 17.9 Å². The fraction of sp³-hybridized carbons (Fsp3) is 0.538. The van der Waals surface area contributed by atoms with Gasteiger partial charge in [0.1, 0.15) is 11.2 Å². The molecule has 6 rings (SSSR count). The zero-order valence-electron chi connectivity index (χ0n) is 29.9. The fourth-order valence-corrected chi connectivity index (χ4v) is 6.96. The second-order valence-electron chi connectivity index (χ2n) is 15.8. The first-order valence-corrected chi connectivity index (χ1v) is 17.5. The summed E-state index contributed by atoms with van der Waals surface area (Å²) in [7, 11) is 0. The van der Waals surface area contributed by atoms with Crippen LogP contribution in [0.25, 0.3) is 5.57 Å². The summed E-state index contributed by atoms with van der Waals surface area (Å²) in [6.07, 6.45) is 6.86. The highest BCUT2D eigenvalue weighted by molar-refractivity contribution is 5.98. The number of amides is 4. The molecule has 3 aliphatic carbocycles. The van der Waals surface area contributed by atoms with Crippen LogP contribution in [0, 0.1) is 10.8 Å². The Morgan fingerprint density at radius 3 is 1.65 bits per heavy atom. The number of benzene rings is 2. The Hall–Kier alpha value is -4.34. The second kappa shape index (κ2) is 14.3. The van der Waals surface area contributed by atoms with Crippen LogP contribution >= 0.6 is 0 Å². The monoisotopic (exact) mass is 672 g/mol. The van der Waals surface area contributed by atoms with Gasteiger partial charge in [-0.3, -0.25) is 9.59 Å². The Labute approximate surface area is 290 Å². The van der Waals surface area contributed by atoms with Crippen LogP contribution in [-0.2, 0) is 25.5 Å². The molecule has 0 atom stereocenters. The molecule has 3 saturated carbocycles. The van der Waals surface area contributed by atoms with E-state index in [0.717, 1.165) is 28.9 Å². The number of nitrogens with zero attached hydrogens (tertiary/aromatic N) is 1. The smallest absolute Gasteiger partial charge is 0.410 e. The third kappa shape index (κ3) is 9.22. The topological polar surface area (TPSA) is 126 Å². The predicted octanol–water partition coefficient (Wildman–Crippen LogP) is 7.70. The molecule has 0 unspecified atom stereocenters. The van der Waals surface area contributed by atoms with E-state index in [2.05, 4.69) is 22.0 Å². The van der Waals surface area contributed by atoms with Gasteiger partial charge in [0.25, 0.3) is 0 Å². The van der Waals surface area contributed by atoms with Gasteiger partial charge >= 0.3 is 12.2 Å². The number of ether oxygens (including phenoxy) is 2. The maximum Gasteiger partial charge on any atom is 0.410 e. The summed E-state index contributed by atoms with van der Waals surface area (Å²) >= 11 is 0. The number of alkyl carbamates (subject to hydrolysis) is 1. The van der Waals surface area contributed by atoms with Gasteiger partial charge in [-0.05, 0) is 134 Å². The minimum Gasteiger partial charge on any atom is -0.444 e. The van der Waals surface area contributed by atoms with E-state index in [1.54, 1.807) is 4.90 Å². The standard InChI is InChI=1S/C39H52N4O6/c1-36(2,3)48-34(46)40-24-15-27-7-11-30(12-8-27)41-32(44)38-18-21-39(22-19-38,23-20-38)33(45)42-31-13-9-28(10-14-31)29-16-25-43(26-17-29)35(47)49-37(4,5)6/h7-14,16H,15,17-26H2,1-6H3,(H,40,46)(H,41,44)(H,42,45). The highest BCUT2D eigenvalue weighted by Gasteiger charge is 2.55. The number of hydrogen-bond acceptors (Lipinski definition) is 6. The Kier molecular flexibility index (Phi) is 10.5. The van der Waals surface area contributed by atoms with E-state index in [1.165, 1.54) is 5.57 Å². The van der Waals surface area contributed by atoms with Gasteiger partial charge in [0, 0.05) is 41.8 Å². The number of carbonyl (C=O) groups excluding carboxylic acids is 4. The first-order chi connectivity index (χ1) is 23.0. The van der Waals surface area contributed by atoms with Gasteiger partial charge < -0.3 is 30.3 Å². The van der Waals surface area contributed by atoms with Gasteiger partial charge in [0.2, 0.25) is 11.8 Å². The molecule has 0 saturated heterocycles. The maximum absolute atomic E-state index is 13.6. The zero-order valence-corrected chi connectivity index (χ0v) is 29.9. The number of anilines is 2. The minimum absolute atomic E-state index is 0.0300. The van der Waals surface area contributed by atoms with Crippen LogP contribution in [0.4, 0.5) is 21.0 Å². The van der Waals surface area contributed by atoms with Crippen molar-refractivity contribution in [3.63, 3.8) is 0 Å². The molecule has 4 aliphatic rings. The third-order valence-electron chi connectivity index (χ3n) is 9.88. The van der Waals surface area contributed by atoms with Crippen LogP contribution in [0.15, 0.2) is 54.6 Å². The molecule has 4 amide bonds. The first-order valence-electron chi connectivity index (χ1n) is 17.5. The van der Waals surface area contributed by atoms with Gasteiger partial charge in [0.15, 0.2) is 0 Å². The van der Waals surface area contributed by atoms with Crippen LogP contribution in [0.3, 0.4) is 0 Å². The van der Waals surface area contributed by atoms with Crippen molar-refractivity contribution in [1.82, 2.24) is 10.2 Å². The summed E-state index contributed by atoms with van der Waals surface area (Å²) in [5, 5.41) is 9.05. The Morgan fingerprint density at radius 1 is 0.714 bits per heavy atom. The van der Waals surface area contributed by atoms with Gasteiger partial charge in [-0.25, -0.2) is 9.59 Å². The molecule has 10 nitrogen and oxygen atoms in total. The van der Waals surface area contributed by atoms with Crippen molar-refractivity contribution in [2.75, 3.05) is 30.3 Å². The molecular formula is C39H52N4O6. The number of rotatable bonds is 8. The van der Waals surface area contributed by atoms with Crippen LogP contribution in [-0.4, -0.2) is 59.7 Å². The van der Waals surface area contributed by atoms with Crippen LogP contribution in [0.1, 0.15) is 97.6 Å². The lowest BCUT2D eigenvalue weighted by Crippen LogP contribution is -2.52. The van der Waals surface area contributed by atoms with E-state index in [9.17, 15) is 19.2 Å². The molecule has 49 heavy (non-hydrogen) atoms. The lowest BCUT2D eigenvalue weighted by atomic mass is 9.53. The van der Waals surface area contributed by atoms with Crippen LogP contribution < -0.4 is 16.0 Å². The lowest BCUT2D eigenvalue weighted by molar-refractivity contribution is -0.144. The number of fused-ring (bicyclic) bond motifs is 3. The molecule has 2 bridgehead atoms. The molecule has 10 heteroatoms. The molecule has 0 spiro atoms. The summed E-state index contributed by atoms with van der Waals surface area (Å²) in [4.78, 5) is 53.1. The molecular weight excluding hydrogens is 620 g/mol. The summed E-state index contributed by atoms with van der Waals surface area (Å²) in [5.41, 5.74) is 2.85. The second-order valence-corrected chi connectivity index (χ2v) is 15.8. The minimum atomic E-state index is -0.535. The average Bonchev–Trinajstić information content (AvgIpc) is 3.05. The quantitative estimate of drug-likeness (QED) is 0.264. The first kappa shape index (κ1) is 36.0. The largest absolute Gasteiger partial charge is 0.444 e. The molecule has 0 aromatic heterocycles. The SMILES string of the molecule is CC(C)(C)OC(=O)NCCc1ccc(NC(=O)C23CCC(C(=O)Nc4ccc(C5=CCN(C(=O)OC(C)(C)C)CC5)cc4)(CC2)CC3)cc1. The predicted molar refractivity (Wildman–Crippen MR) is 191 cm³/mol. The third-order valence-corrected chi connectivity index (χ3v) is 9.88. The summed E-state index contributed by atoms with van der Waals surface area (Å²) in [6.45, 7) is 12.7. The van der Waals surface area contributed by atoms with E-state index >= 15 is 0 Å². The molecule has 1 heterocycles. The van der Waals surface area contributed by atoms with Gasteiger partial charge in [0.05, 0.1) is 0 Å². The van der Waals surface area contributed by atoms with Gasteiger partial charge in [-0.1, -0.05) is 30.3 Å². The van der Waals surface area contributed by atoms with Crippen molar-refractivity contribution in [3.8, 4) is 0 Å². The highest BCUT2D eigenvalue weighted by Crippen LogP contribution is 2.57. The van der Waals surface area contributed by atoms with Crippen molar-refractivity contribution >= 4 is 40.9 Å². The molecule has 3 fully saturated rings. The highest BCUT2D eigenvalue weighted by atomic mass is 16.6. The Balaban J connectivity index is 1.08. The Bertz CT molecular complexity index is 1540. The van der Waals surface area contributed by atoms with Crippen molar-refractivity contribution in [2.45, 2.75) is 104 Å². The molecule has 0 radical (unpaired) electrons. The van der Waals surface area contributed by atoms with Crippen molar-refractivity contribution < 1.29 is 28.7 Å². The molecule has 3 N–H and O–H groups in total. The fourth-order valence-electron chi connectivity index (χ4n) is 6.96. The van der Waals surface area contributed by atoms with E-state index in [0.29, 0.717) is 64.6 Å². The average molecular weight is 673 g/mol. The van der Waals surface area contributed by atoms with Gasteiger partial charge in [-0.15, -0.1) is 0 Å². The summed E-state index contributed by atoms with van der Waals surface area (Å²) in [5.74, 6) is 0.0676. The van der Waals surface area contributed by atoms with E-state index in [1.807, 2.05) is 90.1 Å². The van der Waals surface area contributed by atoms with Crippen LogP contribution in [0.5, 0.6) is 0 Å². The number of carbonyl (C=O) groups is 4. The number of nitrogens with one attached hydrogen (secondary N) is 3. The van der Waals surface area contributed by atoms with Gasteiger partial charge in [-0.2, -0.15) is 0 Å². The maximum atomic E-state index is 13.6. The Morgan fingerprint density at radius 2 is 1.20 bits per heavy atom. The summed E-state index contributed by atoms with van der Waals surface area (Å²) in [6, 6.07) is 15.6. The molecule has 1 aliphatic heterocycles. The van der Waals surface area contributed by atoms with E-state index in [4.69, 9.17) is 9.47 Å². The zero-order chi connectivity index (χ0) is 35.5. The lowest BCUT2D eigenvalue weighted by Gasteiger charge is -2.51. The summed E-state index contributed by atoms with van der Waals surface area (Å²) < 4.78 is 10.8. The normalized spacial score (nSPS) is 22.1.